The summed E-state index contributed by atoms with van der Waals surface area (Å²) >= 11 is 0. The lowest BCUT2D eigenvalue weighted by Gasteiger charge is -2.52. The summed E-state index contributed by atoms with van der Waals surface area (Å²) in [6.07, 6.45) is -10.2. The second-order valence-electron chi connectivity index (χ2n) is 7.10. The number of hydrogen-bond acceptors (Lipinski definition) is 7. The summed E-state index contributed by atoms with van der Waals surface area (Å²) in [7, 11) is 0. The van der Waals surface area contributed by atoms with E-state index >= 15 is 0 Å². The van der Waals surface area contributed by atoms with Gasteiger partial charge >= 0.3 is 18.1 Å². The monoisotopic (exact) mass is 436 g/mol. The number of alkyl halides is 5. The standard InChI is InChI=1S/C17H25F5O7/c1-5-27-12(23)10-9(7-8(3)4)11(13(24)28-6-2)16(26,17(20,21)22)29-15(10,25)14(18)19/h8-11,14,25-26H,5-7H2,1-4H3. The van der Waals surface area contributed by atoms with Crippen molar-refractivity contribution in [1.82, 2.24) is 0 Å². The van der Waals surface area contributed by atoms with Crippen molar-refractivity contribution in [2.24, 2.45) is 23.7 Å². The fourth-order valence-corrected chi connectivity index (χ4v) is 3.54. The molecule has 0 amide bonds. The fraction of sp³-hybridized carbons (Fsp3) is 0.882. The number of rotatable bonds is 7. The maximum Gasteiger partial charge on any atom is 0.444 e. The van der Waals surface area contributed by atoms with Crippen LogP contribution in [0, 0.1) is 23.7 Å². The van der Waals surface area contributed by atoms with Gasteiger partial charge in [-0.3, -0.25) is 9.59 Å². The Bertz CT molecular complexity index is 597. The van der Waals surface area contributed by atoms with Crippen molar-refractivity contribution in [3.63, 3.8) is 0 Å². The summed E-state index contributed by atoms with van der Waals surface area (Å²) in [5, 5.41) is 20.6. The first-order chi connectivity index (χ1) is 13.2. The van der Waals surface area contributed by atoms with Crippen LogP contribution in [0.2, 0.25) is 0 Å². The normalized spacial score (nSPS) is 33.1. The summed E-state index contributed by atoms with van der Waals surface area (Å²) in [6, 6.07) is 0. The maximum absolute atomic E-state index is 13.7. The van der Waals surface area contributed by atoms with Crippen molar-refractivity contribution in [2.75, 3.05) is 13.2 Å². The summed E-state index contributed by atoms with van der Waals surface area (Å²) in [6.45, 7) is 4.86. The molecule has 5 unspecified atom stereocenters. The molecule has 0 aromatic carbocycles. The van der Waals surface area contributed by atoms with E-state index in [9.17, 15) is 41.8 Å². The van der Waals surface area contributed by atoms with Gasteiger partial charge in [0.05, 0.1) is 13.2 Å². The molecular formula is C17H25F5O7. The van der Waals surface area contributed by atoms with Crippen LogP contribution in [0.4, 0.5) is 22.0 Å². The minimum absolute atomic E-state index is 0.337. The smallest absolute Gasteiger partial charge is 0.444 e. The largest absolute Gasteiger partial charge is 0.466 e. The zero-order valence-electron chi connectivity index (χ0n) is 16.3. The van der Waals surface area contributed by atoms with E-state index in [1.165, 1.54) is 27.7 Å². The van der Waals surface area contributed by atoms with Gasteiger partial charge in [0.25, 0.3) is 12.2 Å². The minimum atomic E-state index is -5.78. The van der Waals surface area contributed by atoms with Crippen LogP contribution in [-0.2, 0) is 23.8 Å². The Kier molecular flexibility index (Phi) is 7.99. The quantitative estimate of drug-likeness (QED) is 0.466. The Morgan fingerprint density at radius 1 is 1.03 bits per heavy atom. The number of carbonyl (C=O) groups excluding carboxylic acids is 2. The third kappa shape index (κ3) is 4.80. The molecule has 1 rings (SSSR count). The van der Waals surface area contributed by atoms with Gasteiger partial charge in [0, 0.05) is 0 Å². The van der Waals surface area contributed by atoms with Crippen LogP contribution in [-0.4, -0.2) is 59.5 Å². The topological polar surface area (TPSA) is 102 Å². The van der Waals surface area contributed by atoms with Gasteiger partial charge in [-0.05, 0) is 32.1 Å². The van der Waals surface area contributed by atoms with Crippen molar-refractivity contribution in [3.8, 4) is 0 Å². The number of halogens is 5. The molecule has 0 aliphatic carbocycles. The van der Waals surface area contributed by atoms with Crippen LogP contribution in [0.25, 0.3) is 0 Å². The summed E-state index contributed by atoms with van der Waals surface area (Å²) < 4.78 is 81.9. The van der Waals surface area contributed by atoms with Gasteiger partial charge in [0.15, 0.2) is 0 Å². The Morgan fingerprint density at radius 3 is 1.83 bits per heavy atom. The molecule has 1 heterocycles. The molecule has 0 saturated carbocycles. The molecule has 5 atom stereocenters. The van der Waals surface area contributed by atoms with Gasteiger partial charge < -0.3 is 24.4 Å². The highest BCUT2D eigenvalue weighted by Crippen LogP contribution is 2.55. The van der Waals surface area contributed by atoms with Crippen LogP contribution in [0.1, 0.15) is 34.1 Å². The lowest BCUT2D eigenvalue weighted by atomic mass is 9.67. The Balaban J connectivity index is 3.79. The van der Waals surface area contributed by atoms with E-state index < -0.39 is 66.2 Å². The Morgan fingerprint density at radius 2 is 1.48 bits per heavy atom. The van der Waals surface area contributed by atoms with Crippen LogP contribution in [0.3, 0.4) is 0 Å². The van der Waals surface area contributed by atoms with Gasteiger partial charge in [0.1, 0.15) is 11.8 Å². The van der Waals surface area contributed by atoms with Gasteiger partial charge in [-0.1, -0.05) is 13.8 Å². The first kappa shape index (κ1) is 25.5. The third-order valence-electron chi connectivity index (χ3n) is 4.59. The van der Waals surface area contributed by atoms with E-state index in [1.54, 1.807) is 0 Å². The van der Waals surface area contributed by atoms with Gasteiger partial charge in [-0.15, -0.1) is 0 Å². The van der Waals surface area contributed by atoms with Crippen molar-refractivity contribution in [3.05, 3.63) is 0 Å². The molecule has 29 heavy (non-hydrogen) atoms. The number of esters is 2. The van der Waals surface area contributed by atoms with Crippen LogP contribution in [0.5, 0.6) is 0 Å². The van der Waals surface area contributed by atoms with Gasteiger partial charge in [0.2, 0.25) is 5.79 Å². The predicted octanol–water partition coefficient (Wildman–Crippen LogP) is 2.24. The highest BCUT2D eigenvalue weighted by Gasteiger charge is 2.76. The number of carbonyl (C=O) groups is 2. The average Bonchev–Trinajstić information content (AvgIpc) is 2.53. The molecule has 170 valence electrons. The van der Waals surface area contributed by atoms with E-state index in [1.807, 2.05) is 0 Å². The van der Waals surface area contributed by atoms with Crippen molar-refractivity contribution >= 4 is 11.9 Å². The summed E-state index contributed by atoms with van der Waals surface area (Å²) in [4.78, 5) is 24.8. The second kappa shape index (κ2) is 9.09. The van der Waals surface area contributed by atoms with Crippen LogP contribution >= 0.6 is 0 Å². The van der Waals surface area contributed by atoms with E-state index in [2.05, 4.69) is 14.2 Å². The molecule has 12 heteroatoms. The molecular weight excluding hydrogens is 411 g/mol. The number of hydrogen-bond donors (Lipinski definition) is 2. The van der Waals surface area contributed by atoms with Crippen molar-refractivity contribution in [2.45, 2.75) is 58.3 Å². The summed E-state index contributed by atoms with van der Waals surface area (Å²) in [5.41, 5.74) is 0. The Hall–Kier alpha value is -1.53. The first-order valence-corrected chi connectivity index (χ1v) is 9.00. The fourth-order valence-electron chi connectivity index (χ4n) is 3.54. The average molecular weight is 436 g/mol. The van der Waals surface area contributed by atoms with E-state index in [0.29, 0.717) is 0 Å². The molecule has 2 N–H and O–H groups in total. The highest BCUT2D eigenvalue weighted by atomic mass is 19.4. The van der Waals surface area contributed by atoms with Gasteiger partial charge in [-0.25, -0.2) is 8.78 Å². The molecule has 0 radical (unpaired) electrons. The predicted molar refractivity (Wildman–Crippen MR) is 86.2 cm³/mol. The maximum atomic E-state index is 13.7. The second-order valence-corrected chi connectivity index (χ2v) is 7.10. The lowest BCUT2D eigenvalue weighted by molar-refractivity contribution is -0.484. The van der Waals surface area contributed by atoms with E-state index in [4.69, 9.17) is 0 Å². The SMILES string of the molecule is CCOC(=O)C1C(CC(C)C)C(C(=O)OCC)C(O)(C(F)(F)F)OC1(O)C(F)F. The molecule has 1 fully saturated rings. The van der Waals surface area contributed by atoms with E-state index in [-0.39, 0.29) is 13.2 Å². The zero-order valence-corrected chi connectivity index (χ0v) is 16.3. The van der Waals surface area contributed by atoms with Crippen LogP contribution < -0.4 is 0 Å². The highest BCUT2D eigenvalue weighted by molar-refractivity contribution is 5.79. The van der Waals surface area contributed by atoms with Crippen LogP contribution in [0.15, 0.2) is 0 Å². The molecule has 1 saturated heterocycles. The molecule has 0 bridgehead atoms. The van der Waals surface area contributed by atoms with Crippen molar-refractivity contribution in [1.29, 1.82) is 0 Å². The van der Waals surface area contributed by atoms with Gasteiger partial charge in [-0.2, -0.15) is 13.2 Å². The Labute approximate surface area is 164 Å². The molecule has 0 spiro atoms. The van der Waals surface area contributed by atoms with Crippen molar-refractivity contribution < 1.29 is 56.0 Å². The molecule has 0 aromatic heterocycles. The zero-order chi connectivity index (χ0) is 22.8. The first-order valence-electron chi connectivity index (χ1n) is 9.00. The van der Waals surface area contributed by atoms with E-state index in [0.717, 1.165) is 0 Å². The number of aliphatic hydroxyl groups is 2. The number of ether oxygens (including phenoxy) is 3. The molecule has 0 aromatic rings. The third-order valence-corrected chi connectivity index (χ3v) is 4.59. The molecule has 1 aliphatic heterocycles. The lowest BCUT2D eigenvalue weighted by Crippen LogP contribution is -2.72. The summed E-state index contributed by atoms with van der Waals surface area (Å²) in [5.74, 6) is -19.1. The minimum Gasteiger partial charge on any atom is -0.466 e. The molecule has 1 aliphatic rings. The molecule has 7 nitrogen and oxygen atoms in total.